The van der Waals surface area contributed by atoms with Crippen molar-refractivity contribution in [2.24, 2.45) is 5.92 Å². The zero-order chi connectivity index (χ0) is 18.7. The van der Waals surface area contributed by atoms with E-state index in [1.54, 1.807) is 35.4 Å². The summed E-state index contributed by atoms with van der Waals surface area (Å²) in [6, 6.07) is 8.88. The maximum absolute atomic E-state index is 12.6. The summed E-state index contributed by atoms with van der Waals surface area (Å²) >= 11 is 0. The lowest BCUT2D eigenvalue weighted by atomic mass is 10.1. The predicted octanol–water partition coefficient (Wildman–Crippen LogP) is 2.53. The molecule has 1 atom stereocenters. The van der Waals surface area contributed by atoms with Crippen molar-refractivity contribution in [2.75, 3.05) is 17.2 Å². The van der Waals surface area contributed by atoms with Crippen molar-refractivity contribution in [3.63, 3.8) is 0 Å². The summed E-state index contributed by atoms with van der Waals surface area (Å²) in [5.74, 6) is -0.172. The van der Waals surface area contributed by atoms with Crippen LogP contribution in [0.15, 0.2) is 41.0 Å². The lowest BCUT2D eigenvalue weighted by molar-refractivity contribution is -0.128. The zero-order valence-corrected chi connectivity index (χ0v) is 14.7. The highest BCUT2D eigenvalue weighted by atomic mass is 16.3. The molecule has 1 fully saturated rings. The van der Waals surface area contributed by atoms with Gasteiger partial charge in [-0.1, -0.05) is 6.07 Å². The number of carbonyl (C=O) groups excluding carboxylic acids is 3. The molecule has 0 bridgehead atoms. The van der Waals surface area contributed by atoms with Gasteiger partial charge in [0.25, 0.3) is 0 Å². The van der Waals surface area contributed by atoms with Crippen molar-refractivity contribution in [2.45, 2.75) is 26.8 Å². The quantitative estimate of drug-likeness (QED) is 0.862. The molecule has 1 saturated heterocycles. The van der Waals surface area contributed by atoms with Gasteiger partial charge in [0.15, 0.2) is 0 Å². The monoisotopic (exact) mass is 355 g/mol. The molecule has 0 spiro atoms. The van der Waals surface area contributed by atoms with E-state index in [2.05, 4.69) is 10.6 Å². The molecule has 136 valence electrons. The minimum atomic E-state index is -0.415. The minimum absolute atomic E-state index is 0.0646. The number of hydrogen-bond donors (Lipinski definition) is 2. The van der Waals surface area contributed by atoms with Crippen LogP contribution < -0.4 is 10.6 Å². The average molecular weight is 355 g/mol. The van der Waals surface area contributed by atoms with Crippen molar-refractivity contribution in [1.29, 1.82) is 0 Å². The van der Waals surface area contributed by atoms with Crippen LogP contribution in [0.25, 0.3) is 0 Å². The maximum atomic E-state index is 12.6. The van der Waals surface area contributed by atoms with E-state index in [0.29, 0.717) is 30.2 Å². The molecule has 0 aliphatic carbocycles. The van der Waals surface area contributed by atoms with Crippen molar-refractivity contribution < 1.29 is 18.8 Å². The number of benzene rings is 1. The normalized spacial score (nSPS) is 16.6. The molecule has 0 radical (unpaired) electrons. The van der Waals surface area contributed by atoms with E-state index >= 15 is 0 Å². The summed E-state index contributed by atoms with van der Waals surface area (Å²) in [6.07, 6.45) is 1.74. The van der Waals surface area contributed by atoms with Crippen LogP contribution in [-0.2, 0) is 20.9 Å². The molecule has 7 heteroatoms. The number of amides is 3. The van der Waals surface area contributed by atoms with Crippen molar-refractivity contribution >= 4 is 29.1 Å². The topological polar surface area (TPSA) is 91.7 Å². The fourth-order valence-corrected chi connectivity index (χ4v) is 2.96. The number of furan rings is 1. The number of anilines is 2. The van der Waals surface area contributed by atoms with Crippen molar-refractivity contribution in [3.8, 4) is 0 Å². The molecule has 1 aromatic heterocycles. The molecule has 2 aromatic rings. The molecule has 3 amide bonds. The Balaban J connectivity index is 1.65. The van der Waals surface area contributed by atoms with Crippen LogP contribution in [0.5, 0.6) is 0 Å². The van der Waals surface area contributed by atoms with Crippen LogP contribution in [0.4, 0.5) is 11.4 Å². The molecule has 2 N–H and O–H groups in total. The first kappa shape index (κ1) is 17.7. The van der Waals surface area contributed by atoms with Gasteiger partial charge in [-0.2, -0.15) is 0 Å². The Morgan fingerprint density at radius 3 is 2.77 bits per heavy atom. The Labute approximate surface area is 151 Å². The van der Waals surface area contributed by atoms with Crippen LogP contribution in [0, 0.1) is 12.8 Å². The number of carbonyl (C=O) groups is 3. The number of nitrogens with zero attached hydrogens (tertiary/aromatic N) is 1. The van der Waals surface area contributed by atoms with Crippen LogP contribution in [-0.4, -0.2) is 29.2 Å². The second-order valence-electron chi connectivity index (χ2n) is 6.45. The van der Waals surface area contributed by atoms with Gasteiger partial charge in [-0.3, -0.25) is 14.4 Å². The number of hydrogen-bond acceptors (Lipinski definition) is 4. The van der Waals surface area contributed by atoms with Crippen molar-refractivity contribution in [1.82, 2.24) is 4.90 Å². The highest BCUT2D eigenvalue weighted by Gasteiger charge is 2.34. The third-order valence-corrected chi connectivity index (χ3v) is 4.33. The summed E-state index contributed by atoms with van der Waals surface area (Å²) in [4.78, 5) is 37.6. The molecular weight excluding hydrogens is 334 g/mol. The van der Waals surface area contributed by atoms with Gasteiger partial charge in [-0.25, -0.2) is 0 Å². The summed E-state index contributed by atoms with van der Waals surface area (Å²) in [7, 11) is 0. The van der Waals surface area contributed by atoms with E-state index in [9.17, 15) is 14.4 Å². The summed E-state index contributed by atoms with van der Waals surface area (Å²) in [6.45, 7) is 4.02. The van der Waals surface area contributed by atoms with Gasteiger partial charge in [-0.15, -0.1) is 0 Å². The van der Waals surface area contributed by atoms with Crippen LogP contribution in [0.1, 0.15) is 24.7 Å². The molecule has 7 nitrogen and oxygen atoms in total. The molecule has 1 aliphatic heterocycles. The number of nitrogens with one attached hydrogen (secondary N) is 2. The maximum Gasteiger partial charge on any atom is 0.229 e. The first-order valence-corrected chi connectivity index (χ1v) is 8.41. The average Bonchev–Trinajstić information content (AvgIpc) is 3.21. The van der Waals surface area contributed by atoms with Crippen LogP contribution >= 0.6 is 0 Å². The molecule has 0 saturated carbocycles. The summed E-state index contributed by atoms with van der Waals surface area (Å²) < 4.78 is 5.27. The Bertz CT molecular complexity index is 829. The predicted molar refractivity (Wildman–Crippen MR) is 96.3 cm³/mol. The number of rotatable bonds is 5. The third kappa shape index (κ3) is 4.11. The first-order chi connectivity index (χ1) is 12.4. The second-order valence-corrected chi connectivity index (χ2v) is 6.45. The number of aryl methyl sites for hydroxylation is 1. The fourth-order valence-electron chi connectivity index (χ4n) is 2.96. The number of likely N-dealkylation sites (tertiary alicyclic amines) is 1. The minimum Gasteiger partial charge on any atom is -0.467 e. The lowest BCUT2D eigenvalue weighted by Crippen LogP contribution is -2.28. The Morgan fingerprint density at radius 2 is 2.08 bits per heavy atom. The van der Waals surface area contributed by atoms with Gasteiger partial charge in [0.1, 0.15) is 5.76 Å². The van der Waals surface area contributed by atoms with Crippen LogP contribution in [0.3, 0.4) is 0 Å². The van der Waals surface area contributed by atoms with Gasteiger partial charge >= 0.3 is 0 Å². The smallest absolute Gasteiger partial charge is 0.229 e. The van der Waals surface area contributed by atoms with E-state index in [0.717, 1.165) is 5.56 Å². The molecular formula is C19H21N3O4. The SMILES string of the molecule is CC(=O)Nc1ccc(C)c(NC(=O)C2CC(=O)N(Cc3ccco3)C2)c1. The summed E-state index contributed by atoms with van der Waals surface area (Å²) in [5, 5.41) is 5.56. The Hall–Kier alpha value is -3.09. The highest BCUT2D eigenvalue weighted by molar-refractivity contribution is 5.98. The lowest BCUT2D eigenvalue weighted by Gasteiger charge is -2.16. The molecule has 1 unspecified atom stereocenters. The Kier molecular flexibility index (Phi) is 5.06. The molecule has 1 aromatic carbocycles. The van der Waals surface area contributed by atoms with Gasteiger partial charge in [0.05, 0.1) is 18.7 Å². The van der Waals surface area contributed by atoms with Crippen LogP contribution in [0.2, 0.25) is 0 Å². The van der Waals surface area contributed by atoms with Gasteiger partial charge in [-0.05, 0) is 36.8 Å². The van der Waals surface area contributed by atoms with E-state index in [-0.39, 0.29) is 24.1 Å². The molecule has 26 heavy (non-hydrogen) atoms. The van der Waals surface area contributed by atoms with Gasteiger partial charge in [0, 0.05) is 31.3 Å². The van der Waals surface area contributed by atoms with Gasteiger partial charge in [0.2, 0.25) is 17.7 Å². The van der Waals surface area contributed by atoms with E-state index < -0.39 is 5.92 Å². The van der Waals surface area contributed by atoms with Gasteiger partial charge < -0.3 is 20.0 Å². The standard InChI is InChI=1S/C19H21N3O4/c1-12-5-6-15(20-13(2)23)9-17(12)21-19(25)14-8-18(24)22(10-14)11-16-4-3-7-26-16/h3-7,9,14H,8,10-11H2,1-2H3,(H,20,23)(H,21,25). The zero-order valence-electron chi connectivity index (χ0n) is 14.7. The molecule has 1 aliphatic rings. The third-order valence-electron chi connectivity index (χ3n) is 4.33. The fraction of sp³-hybridized carbons (Fsp3) is 0.316. The largest absolute Gasteiger partial charge is 0.467 e. The van der Waals surface area contributed by atoms with Crippen molar-refractivity contribution in [3.05, 3.63) is 47.9 Å². The molecule has 2 heterocycles. The molecule has 3 rings (SSSR count). The first-order valence-electron chi connectivity index (χ1n) is 8.41. The van der Waals surface area contributed by atoms with E-state index in [1.165, 1.54) is 6.92 Å². The Morgan fingerprint density at radius 1 is 1.27 bits per heavy atom. The second kappa shape index (κ2) is 7.43. The highest BCUT2D eigenvalue weighted by Crippen LogP contribution is 2.25. The van der Waals surface area contributed by atoms with E-state index in [1.807, 2.05) is 13.0 Å². The van der Waals surface area contributed by atoms with E-state index in [4.69, 9.17) is 4.42 Å². The summed E-state index contributed by atoms with van der Waals surface area (Å²) in [5.41, 5.74) is 2.11.